The van der Waals surface area contributed by atoms with Crippen LogP contribution in [0.2, 0.25) is 0 Å². The Morgan fingerprint density at radius 3 is 3.14 bits per heavy atom. The zero-order valence-electron chi connectivity index (χ0n) is 12.4. The standard InChI is InChI=1S/C18H21NO2/c1-10-3-5-12-13-9-11-4-6-14(20)16-15(11)18(12,17(10)21-16)7-8-19(13)2/h4,6,12-13,17,20H,1,3,5,7-9H2,2H3/t12-,13?,17?,18-/m0/s1. The maximum absolute atomic E-state index is 10.3. The highest BCUT2D eigenvalue weighted by atomic mass is 16.5. The third-order valence-electron chi connectivity index (χ3n) is 6.54. The molecule has 0 amide bonds. The number of phenolic OH excluding ortho intramolecular Hbond substituents is 1. The average Bonchev–Trinajstić information content (AvgIpc) is 2.83. The molecule has 2 heterocycles. The van der Waals surface area contributed by atoms with Crippen molar-refractivity contribution < 1.29 is 9.84 Å². The average molecular weight is 283 g/mol. The molecule has 2 aliphatic carbocycles. The van der Waals surface area contributed by atoms with E-state index in [9.17, 15) is 5.11 Å². The Hall–Kier alpha value is -1.48. The van der Waals surface area contributed by atoms with Crippen molar-refractivity contribution in [2.75, 3.05) is 13.6 Å². The van der Waals surface area contributed by atoms with Crippen LogP contribution in [0.5, 0.6) is 11.5 Å². The Bertz CT molecular complexity index is 667. The Morgan fingerprint density at radius 2 is 2.29 bits per heavy atom. The molecule has 2 unspecified atom stereocenters. The molecule has 5 rings (SSSR count). The molecule has 1 spiro atoms. The van der Waals surface area contributed by atoms with E-state index < -0.39 is 0 Å². The second-order valence-corrected chi connectivity index (χ2v) is 7.29. The number of benzene rings is 1. The van der Waals surface area contributed by atoms with Crippen molar-refractivity contribution in [3.8, 4) is 11.5 Å². The number of piperidine rings is 1. The lowest BCUT2D eigenvalue weighted by Crippen LogP contribution is -2.63. The lowest BCUT2D eigenvalue weighted by Gasteiger charge is -2.58. The Labute approximate surface area is 125 Å². The van der Waals surface area contributed by atoms with Crippen molar-refractivity contribution in [3.05, 3.63) is 35.4 Å². The van der Waals surface area contributed by atoms with Crippen molar-refractivity contribution in [1.82, 2.24) is 4.90 Å². The first-order valence-electron chi connectivity index (χ1n) is 8.03. The fourth-order valence-electron chi connectivity index (χ4n) is 5.66. The maximum atomic E-state index is 10.3. The van der Waals surface area contributed by atoms with Gasteiger partial charge in [-0.25, -0.2) is 0 Å². The molecule has 4 aliphatic rings. The molecule has 2 fully saturated rings. The summed E-state index contributed by atoms with van der Waals surface area (Å²) in [7, 11) is 2.26. The largest absolute Gasteiger partial charge is 0.504 e. The lowest BCUT2D eigenvalue weighted by atomic mass is 9.51. The minimum Gasteiger partial charge on any atom is -0.504 e. The molecule has 3 heteroatoms. The topological polar surface area (TPSA) is 32.7 Å². The summed E-state index contributed by atoms with van der Waals surface area (Å²) in [6.07, 6.45) is 4.56. The zero-order valence-corrected chi connectivity index (χ0v) is 12.4. The minimum absolute atomic E-state index is 0.0775. The zero-order chi connectivity index (χ0) is 14.4. The number of hydrogen-bond acceptors (Lipinski definition) is 3. The number of aromatic hydroxyl groups is 1. The van der Waals surface area contributed by atoms with Gasteiger partial charge in [0.2, 0.25) is 0 Å². The molecule has 0 radical (unpaired) electrons. The van der Waals surface area contributed by atoms with Crippen LogP contribution in [0, 0.1) is 5.92 Å². The Kier molecular flexibility index (Phi) is 2.10. The van der Waals surface area contributed by atoms with E-state index in [1.165, 1.54) is 23.1 Å². The van der Waals surface area contributed by atoms with Crippen LogP contribution in [0.3, 0.4) is 0 Å². The summed E-state index contributed by atoms with van der Waals surface area (Å²) >= 11 is 0. The second kappa shape index (κ2) is 3.64. The van der Waals surface area contributed by atoms with Crippen LogP contribution in [-0.2, 0) is 11.8 Å². The van der Waals surface area contributed by atoms with Gasteiger partial charge in [0.25, 0.3) is 0 Å². The molecule has 1 saturated heterocycles. The number of hydrogen-bond donors (Lipinski definition) is 1. The van der Waals surface area contributed by atoms with Gasteiger partial charge in [0, 0.05) is 17.0 Å². The molecule has 4 atom stereocenters. The summed E-state index contributed by atoms with van der Waals surface area (Å²) in [6.45, 7) is 5.41. The van der Waals surface area contributed by atoms with Gasteiger partial charge >= 0.3 is 0 Å². The van der Waals surface area contributed by atoms with Crippen LogP contribution in [0.4, 0.5) is 0 Å². The van der Waals surface area contributed by atoms with Gasteiger partial charge < -0.3 is 14.7 Å². The SMILES string of the molecule is C=C1CC[C@H]2C3Cc4ccc(O)c5c4[C@@]2(CCN3C)C1O5. The van der Waals surface area contributed by atoms with E-state index in [1.54, 1.807) is 6.07 Å². The van der Waals surface area contributed by atoms with Gasteiger partial charge in [-0.05, 0) is 62.4 Å². The van der Waals surface area contributed by atoms with Crippen LogP contribution in [0.15, 0.2) is 24.3 Å². The van der Waals surface area contributed by atoms with E-state index in [0.29, 0.717) is 17.7 Å². The van der Waals surface area contributed by atoms with Gasteiger partial charge in [0.15, 0.2) is 11.5 Å². The number of phenols is 1. The van der Waals surface area contributed by atoms with Crippen molar-refractivity contribution in [2.45, 2.75) is 43.2 Å². The van der Waals surface area contributed by atoms with Crippen molar-refractivity contribution >= 4 is 0 Å². The van der Waals surface area contributed by atoms with Gasteiger partial charge in [-0.2, -0.15) is 0 Å². The fraction of sp³-hybridized carbons (Fsp3) is 0.556. The van der Waals surface area contributed by atoms with Crippen molar-refractivity contribution in [2.24, 2.45) is 5.92 Å². The Balaban J connectivity index is 1.83. The predicted octanol–water partition coefficient (Wildman–Crippen LogP) is 2.62. The van der Waals surface area contributed by atoms with Gasteiger partial charge in [0.05, 0.1) is 0 Å². The van der Waals surface area contributed by atoms with E-state index in [1.807, 2.05) is 0 Å². The van der Waals surface area contributed by atoms with Crippen molar-refractivity contribution in [1.29, 1.82) is 0 Å². The van der Waals surface area contributed by atoms with E-state index in [0.717, 1.165) is 31.6 Å². The highest BCUT2D eigenvalue weighted by molar-refractivity contribution is 5.61. The predicted molar refractivity (Wildman–Crippen MR) is 80.8 cm³/mol. The highest BCUT2D eigenvalue weighted by Crippen LogP contribution is 2.64. The summed E-state index contributed by atoms with van der Waals surface area (Å²) in [4.78, 5) is 2.54. The van der Waals surface area contributed by atoms with Crippen LogP contribution < -0.4 is 4.74 Å². The number of rotatable bonds is 0. The first kappa shape index (κ1) is 12.1. The number of nitrogens with zero attached hydrogens (tertiary/aromatic N) is 1. The third kappa shape index (κ3) is 1.21. The van der Waals surface area contributed by atoms with Gasteiger partial charge in [0.1, 0.15) is 6.10 Å². The molecule has 1 aromatic carbocycles. The van der Waals surface area contributed by atoms with Crippen LogP contribution in [0.1, 0.15) is 30.4 Å². The molecule has 3 nitrogen and oxygen atoms in total. The number of ether oxygens (including phenoxy) is 1. The van der Waals surface area contributed by atoms with Crippen LogP contribution >= 0.6 is 0 Å². The van der Waals surface area contributed by atoms with Crippen LogP contribution in [0.25, 0.3) is 0 Å². The van der Waals surface area contributed by atoms with Crippen molar-refractivity contribution in [3.63, 3.8) is 0 Å². The smallest absolute Gasteiger partial charge is 0.166 e. The number of likely N-dealkylation sites (tertiary alicyclic amines) is 1. The summed E-state index contributed by atoms with van der Waals surface area (Å²) in [6, 6.07) is 4.53. The maximum Gasteiger partial charge on any atom is 0.166 e. The monoisotopic (exact) mass is 283 g/mol. The molecule has 110 valence electrons. The molecule has 2 bridgehead atoms. The van der Waals surface area contributed by atoms with Gasteiger partial charge in [-0.15, -0.1) is 0 Å². The summed E-state index contributed by atoms with van der Waals surface area (Å²) in [5.74, 6) is 1.71. The lowest BCUT2D eigenvalue weighted by molar-refractivity contribution is -0.0214. The molecule has 1 saturated carbocycles. The molecule has 21 heavy (non-hydrogen) atoms. The molecule has 1 N–H and O–H groups in total. The molecular formula is C18H21NO2. The quantitative estimate of drug-likeness (QED) is 0.743. The van der Waals surface area contributed by atoms with E-state index in [-0.39, 0.29) is 11.5 Å². The molecule has 2 aliphatic heterocycles. The Morgan fingerprint density at radius 1 is 1.43 bits per heavy atom. The minimum atomic E-state index is 0.0775. The summed E-state index contributed by atoms with van der Waals surface area (Å²) in [5, 5.41) is 10.3. The third-order valence-corrected chi connectivity index (χ3v) is 6.54. The number of likely N-dealkylation sites (N-methyl/N-ethyl adjacent to an activating group) is 1. The summed E-state index contributed by atoms with van der Waals surface area (Å²) in [5.41, 5.74) is 4.00. The second-order valence-electron chi connectivity index (χ2n) is 7.29. The van der Waals surface area contributed by atoms with E-state index >= 15 is 0 Å². The fourth-order valence-corrected chi connectivity index (χ4v) is 5.66. The van der Waals surface area contributed by atoms with Crippen LogP contribution in [-0.4, -0.2) is 35.7 Å². The first-order chi connectivity index (χ1) is 10.1. The normalized spacial score (nSPS) is 39.9. The molecule has 1 aromatic rings. The highest BCUT2D eigenvalue weighted by Gasteiger charge is 2.63. The van der Waals surface area contributed by atoms with E-state index in [4.69, 9.17) is 4.74 Å². The van der Waals surface area contributed by atoms with Gasteiger partial charge in [-0.1, -0.05) is 12.6 Å². The molecular weight excluding hydrogens is 262 g/mol. The first-order valence-corrected chi connectivity index (χ1v) is 8.03. The molecule has 0 aromatic heterocycles. The summed E-state index contributed by atoms with van der Waals surface area (Å²) < 4.78 is 6.29. The van der Waals surface area contributed by atoms with E-state index in [2.05, 4.69) is 24.6 Å². The van der Waals surface area contributed by atoms with Gasteiger partial charge in [-0.3, -0.25) is 0 Å².